The first-order valence-electron chi connectivity index (χ1n) is 6.31. The first-order valence-corrected chi connectivity index (χ1v) is 6.31. The Balaban J connectivity index is 2.08. The van der Waals surface area contributed by atoms with Gasteiger partial charge in [0.1, 0.15) is 0 Å². The zero-order valence-corrected chi connectivity index (χ0v) is 10.4. The van der Waals surface area contributed by atoms with E-state index >= 15 is 0 Å². The van der Waals surface area contributed by atoms with Crippen molar-refractivity contribution in [2.75, 3.05) is 0 Å². The van der Waals surface area contributed by atoms with E-state index in [2.05, 4.69) is 62.4 Å². The van der Waals surface area contributed by atoms with Crippen LogP contribution in [0.2, 0.25) is 0 Å². The highest BCUT2D eigenvalue weighted by Crippen LogP contribution is 2.36. The van der Waals surface area contributed by atoms with Crippen LogP contribution in [0.25, 0.3) is 16.8 Å². The van der Waals surface area contributed by atoms with Crippen molar-refractivity contribution in [3.63, 3.8) is 0 Å². The maximum Gasteiger partial charge on any atom is 0.0276 e. The number of rotatable bonds is 2. The fraction of sp³-hybridized carbons (Fsp3) is 0.235. The third-order valence-electron chi connectivity index (χ3n) is 3.36. The average Bonchev–Trinajstić information content (AvgIpc) is 2.68. The lowest BCUT2D eigenvalue weighted by Gasteiger charge is -2.13. The largest absolute Gasteiger partial charge is 0.0721 e. The van der Waals surface area contributed by atoms with Gasteiger partial charge in [0.15, 0.2) is 0 Å². The topological polar surface area (TPSA) is 0 Å². The lowest BCUT2D eigenvalue weighted by molar-refractivity contribution is 0.624. The molecule has 1 aliphatic carbocycles. The highest BCUT2D eigenvalue weighted by atomic mass is 14.2. The molecule has 2 aromatic rings. The number of benzene rings is 2. The highest BCUT2D eigenvalue weighted by molar-refractivity contribution is 5.88. The van der Waals surface area contributed by atoms with Crippen molar-refractivity contribution in [2.45, 2.75) is 20.3 Å². The summed E-state index contributed by atoms with van der Waals surface area (Å²) in [6, 6.07) is 13.2. The van der Waals surface area contributed by atoms with E-state index in [4.69, 9.17) is 0 Å². The minimum atomic E-state index is 0.715. The molecule has 0 spiro atoms. The molecule has 0 saturated carbocycles. The molecular formula is C17H17. The van der Waals surface area contributed by atoms with E-state index in [1.54, 1.807) is 0 Å². The van der Waals surface area contributed by atoms with Crippen LogP contribution in [0.3, 0.4) is 0 Å². The van der Waals surface area contributed by atoms with Gasteiger partial charge in [0.05, 0.1) is 0 Å². The van der Waals surface area contributed by atoms with Crippen molar-refractivity contribution >= 4 is 16.8 Å². The van der Waals surface area contributed by atoms with E-state index < -0.39 is 0 Å². The van der Waals surface area contributed by atoms with E-state index in [9.17, 15) is 0 Å². The summed E-state index contributed by atoms with van der Waals surface area (Å²) in [6.07, 6.45) is 5.70. The summed E-state index contributed by atoms with van der Waals surface area (Å²) in [4.78, 5) is 0. The predicted molar refractivity (Wildman–Crippen MR) is 74.8 cm³/mol. The Bertz CT molecular complexity index is 576. The van der Waals surface area contributed by atoms with Gasteiger partial charge in [-0.15, -0.1) is 0 Å². The Hall–Kier alpha value is -1.56. The number of hydrogen-bond donors (Lipinski definition) is 0. The zero-order chi connectivity index (χ0) is 11.8. The second-order valence-electron chi connectivity index (χ2n) is 5.24. The molecule has 1 radical (unpaired) electrons. The predicted octanol–water partition coefficient (Wildman–Crippen LogP) is 4.84. The molecule has 0 unspecified atom stereocenters. The highest BCUT2D eigenvalue weighted by Gasteiger charge is 2.19. The second-order valence-corrected chi connectivity index (χ2v) is 5.24. The average molecular weight is 221 g/mol. The standard InChI is InChI=1S/C17H17/c1-12(2)9-15-7-8-16-10-13-5-3-4-6-14(13)11-17(15)16/h3-8,10-12H,9H2,1-2H3. The molecule has 0 heterocycles. The third kappa shape index (κ3) is 1.88. The van der Waals surface area contributed by atoms with Crippen molar-refractivity contribution in [2.24, 2.45) is 5.92 Å². The summed E-state index contributed by atoms with van der Waals surface area (Å²) in [7, 11) is 0. The molecule has 1 aliphatic rings. The van der Waals surface area contributed by atoms with Gasteiger partial charge in [0, 0.05) is 5.92 Å². The summed E-state index contributed by atoms with van der Waals surface area (Å²) in [5.74, 6) is 2.20. The molecule has 85 valence electrons. The maximum atomic E-state index is 2.34. The van der Waals surface area contributed by atoms with Gasteiger partial charge in [-0.3, -0.25) is 0 Å². The van der Waals surface area contributed by atoms with Gasteiger partial charge in [-0.2, -0.15) is 0 Å². The van der Waals surface area contributed by atoms with Gasteiger partial charge in [-0.1, -0.05) is 50.3 Å². The molecule has 0 amide bonds. The molecule has 0 bridgehead atoms. The Morgan fingerprint density at radius 1 is 0.941 bits per heavy atom. The first kappa shape index (κ1) is 10.6. The van der Waals surface area contributed by atoms with Gasteiger partial charge >= 0.3 is 0 Å². The summed E-state index contributed by atoms with van der Waals surface area (Å²) < 4.78 is 0. The molecular weight excluding hydrogens is 204 g/mol. The molecule has 0 nitrogen and oxygen atoms in total. The minimum Gasteiger partial charge on any atom is -0.0721 e. The summed E-state index contributed by atoms with van der Waals surface area (Å²) in [6.45, 7) is 4.56. The van der Waals surface area contributed by atoms with Crippen LogP contribution in [-0.4, -0.2) is 0 Å². The van der Waals surface area contributed by atoms with Crippen molar-refractivity contribution in [3.05, 3.63) is 59.5 Å². The first-order chi connectivity index (χ1) is 8.24. The Labute approximate surface area is 103 Å². The third-order valence-corrected chi connectivity index (χ3v) is 3.36. The van der Waals surface area contributed by atoms with Crippen molar-refractivity contribution in [1.29, 1.82) is 0 Å². The summed E-state index contributed by atoms with van der Waals surface area (Å²) in [5.41, 5.74) is 2.80. The quantitative estimate of drug-likeness (QED) is 0.681. The smallest absolute Gasteiger partial charge is 0.0276 e. The fourth-order valence-electron chi connectivity index (χ4n) is 2.57. The van der Waals surface area contributed by atoms with Crippen LogP contribution in [-0.2, 0) is 0 Å². The van der Waals surface area contributed by atoms with E-state index in [1.807, 2.05) is 0 Å². The van der Waals surface area contributed by atoms with Crippen LogP contribution in [0, 0.1) is 11.8 Å². The van der Waals surface area contributed by atoms with Gasteiger partial charge < -0.3 is 0 Å². The Morgan fingerprint density at radius 2 is 1.65 bits per heavy atom. The molecule has 0 aliphatic heterocycles. The fourth-order valence-corrected chi connectivity index (χ4v) is 2.57. The molecule has 3 rings (SSSR count). The minimum absolute atomic E-state index is 0.715. The van der Waals surface area contributed by atoms with Gasteiger partial charge in [0.25, 0.3) is 0 Å². The molecule has 17 heavy (non-hydrogen) atoms. The molecule has 0 N–H and O–H groups in total. The zero-order valence-electron chi connectivity index (χ0n) is 10.4. The lowest BCUT2D eigenvalue weighted by Crippen LogP contribution is -1.99. The Kier molecular flexibility index (Phi) is 2.51. The monoisotopic (exact) mass is 221 g/mol. The van der Waals surface area contributed by atoms with Gasteiger partial charge in [-0.25, -0.2) is 0 Å². The van der Waals surface area contributed by atoms with Crippen LogP contribution < -0.4 is 0 Å². The van der Waals surface area contributed by atoms with Crippen LogP contribution in [0.5, 0.6) is 0 Å². The summed E-state index contributed by atoms with van der Waals surface area (Å²) in [5, 5.41) is 2.68. The van der Waals surface area contributed by atoms with Crippen LogP contribution in [0.15, 0.2) is 42.5 Å². The lowest BCUT2D eigenvalue weighted by atomic mass is 9.90. The van der Waals surface area contributed by atoms with Gasteiger partial charge in [0.2, 0.25) is 0 Å². The van der Waals surface area contributed by atoms with E-state index in [0.29, 0.717) is 5.92 Å². The SMILES string of the molecule is CC(C)C[C]1C=Cc2cc3ccccc3cc21. The second kappa shape index (κ2) is 4.03. The molecule has 2 aromatic carbocycles. The van der Waals surface area contributed by atoms with Gasteiger partial charge in [-0.05, 0) is 46.4 Å². The number of hydrogen-bond acceptors (Lipinski definition) is 0. The summed E-state index contributed by atoms with van der Waals surface area (Å²) >= 11 is 0. The molecule has 0 aromatic heterocycles. The number of allylic oxidation sites excluding steroid dienone is 1. The molecule has 0 saturated heterocycles. The molecule has 0 atom stereocenters. The molecule has 0 fully saturated rings. The number of fused-ring (bicyclic) bond motifs is 2. The van der Waals surface area contributed by atoms with E-state index in [-0.39, 0.29) is 0 Å². The molecule has 0 heteroatoms. The van der Waals surface area contributed by atoms with Crippen LogP contribution in [0.1, 0.15) is 31.4 Å². The van der Waals surface area contributed by atoms with Crippen molar-refractivity contribution < 1.29 is 0 Å². The van der Waals surface area contributed by atoms with E-state index in [1.165, 1.54) is 34.2 Å². The normalized spacial score (nSPS) is 14.8. The Morgan fingerprint density at radius 3 is 2.35 bits per heavy atom. The van der Waals surface area contributed by atoms with Crippen molar-refractivity contribution in [3.8, 4) is 0 Å². The van der Waals surface area contributed by atoms with Crippen LogP contribution >= 0.6 is 0 Å². The maximum absolute atomic E-state index is 2.34. The van der Waals surface area contributed by atoms with E-state index in [0.717, 1.165) is 0 Å². The van der Waals surface area contributed by atoms with Crippen molar-refractivity contribution in [1.82, 2.24) is 0 Å². The van der Waals surface area contributed by atoms with Crippen LogP contribution in [0.4, 0.5) is 0 Å².